The molecule has 0 unspecified atom stereocenters. The van der Waals surface area contributed by atoms with Crippen molar-refractivity contribution in [1.82, 2.24) is 0 Å². The van der Waals surface area contributed by atoms with Gasteiger partial charge in [0, 0.05) is 22.4 Å². The number of benzene rings is 2. The first-order valence-corrected chi connectivity index (χ1v) is 7.41. The highest BCUT2D eigenvalue weighted by atomic mass is 32.2. The summed E-state index contributed by atoms with van der Waals surface area (Å²) in [6.45, 7) is 0. The third-order valence-electron chi connectivity index (χ3n) is 3.18. The molecule has 0 aliphatic carbocycles. The van der Waals surface area contributed by atoms with Gasteiger partial charge in [-0.1, -0.05) is 30.0 Å². The number of nitro benzene ring substituents is 1. The summed E-state index contributed by atoms with van der Waals surface area (Å²) in [5.74, 6) is 0. The van der Waals surface area contributed by atoms with Crippen LogP contribution in [0.15, 0.2) is 67.5 Å². The second-order valence-corrected chi connectivity index (χ2v) is 5.76. The lowest BCUT2D eigenvalue weighted by Gasteiger charge is -2.06. The van der Waals surface area contributed by atoms with Crippen molar-refractivity contribution in [3.05, 3.63) is 79.2 Å². The van der Waals surface area contributed by atoms with Gasteiger partial charge in [-0.2, -0.15) is 0 Å². The van der Waals surface area contributed by atoms with E-state index in [2.05, 4.69) is 0 Å². The van der Waals surface area contributed by atoms with Crippen molar-refractivity contribution in [2.75, 3.05) is 0 Å². The molecule has 0 N–H and O–H groups in total. The van der Waals surface area contributed by atoms with E-state index in [0.29, 0.717) is 4.90 Å². The van der Waals surface area contributed by atoms with Gasteiger partial charge in [-0.05, 0) is 18.2 Å². The average molecular weight is 344 g/mol. The van der Waals surface area contributed by atoms with Gasteiger partial charge in [0.05, 0.1) is 9.85 Å². The van der Waals surface area contributed by atoms with Crippen molar-refractivity contribution in [2.45, 2.75) is 9.79 Å². The predicted octanol–water partition coefficient (Wildman–Crippen LogP) is 3.76. The van der Waals surface area contributed by atoms with Gasteiger partial charge in [-0.25, -0.2) is 4.79 Å². The minimum absolute atomic E-state index is 0.0150. The Morgan fingerprint density at radius 1 is 0.958 bits per heavy atom. The van der Waals surface area contributed by atoms with Crippen molar-refractivity contribution < 1.29 is 14.3 Å². The molecule has 0 bridgehead atoms. The van der Waals surface area contributed by atoms with E-state index in [0.717, 1.165) is 17.8 Å². The maximum Gasteiger partial charge on any atom is 0.416 e. The Hall–Kier alpha value is -3.20. The second kappa shape index (κ2) is 6.13. The minimum Gasteiger partial charge on any atom is -0.418 e. The molecule has 3 aromatic rings. The van der Waals surface area contributed by atoms with Crippen molar-refractivity contribution >= 4 is 34.1 Å². The van der Waals surface area contributed by atoms with Gasteiger partial charge in [-0.3, -0.25) is 20.2 Å². The zero-order chi connectivity index (χ0) is 17.3. The van der Waals surface area contributed by atoms with Crippen LogP contribution in [0.4, 0.5) is 11.4 Å². The molecule has 1 heterocycles. The zero-order valence-electron chi connectivity index (χ0n) is 11.9. The summed E-state index contributed by atoms with van der Waals surface area (Å²) < 4.78 is 4.93. The number of fused-ring (bicyclic) bond motifs is 1. The second-order valence-electron chi connectivity index (χ2n) is 4.68. The van der Waals surface area contributed by atoms with Gasteiger partial charge >= 0.3 is 11.3 Å². The molecule has 0 saturated carbocycles. The molecule has 0 aliphatic rings. The highest BCUT2D eigenvalue weighted by Gasteiger charge is 2.26. The summed E-state index contributed by atoms with van der Waals surface area (Å²) in [4.78, 5) is 33.4. The molecule has 0 fully saturated rings. The van der Waals surface area contributed by atoms with Gasteiger partial charge in [0.2, 0.25) is 0 Å². The Morgan fingerprint density at radius 2 is 1.67 bits per heavy atom. The van der Waals surface area contributed by atoms with E-state index < -0.39 is 21.2 Å². The Kier molecular flexibility index (Phi) is 4.00. The molecule has 0 atom stereocenters. The van der Waals surface area contributed by atoms with Crippen molar-refractivity contribution in [1.29, 1.82) is 0 Å². The first kappa shape index (κ1) is 15.7. The van der Waals surface area contributed by atoms with E-state index in [-0.39, 0.29) is 21.6 Å². The molecule has 24 heavy (non-hydrogen) atoms. The van der Waals surface area contributed by atoms with Crippen molar-refractivity contribution in [3.8, 4) is 0 Å². The molecule has 0 spiro atoms. The predicted molar refractivity (Wildman–Crippen MR) is 86.4 cm³/mol. The third-order valence-corrected chi connectivity index (χ3v) is 4.30. The minimum atomic E-state index is -1.10. The summed E-state index contributed by atoms with van der Waals surface area (Å²) in [5.41, 5.74) is -2.04. The molecule has 0 saturated heterocycles. The molecule has 8 nitrogen and oxygen atoms in total. The number of rotatable bonds is 4. The number of hydrogen-bond donors (Lipinski definition) is 0. The van der Waals surface area contributed by atoms with Crippen LogP contribution in [0.2, 0.25) is 0 Å². The smallest absolute Gasteiger partial charge is 0.416 e. The van der Waals surface area contributed by atoms with Gasteiger partial charge in [-0.15, -0.1) is 0 Å². The first-order valence-electron chi connectivity index (χ1n) is 6.60. The Morgan fingerprint density at radius 3 is 2.29 bits per heavy atom. The third kappa shape index (κ3) is 2.84. The maximum absolute atomic E-state index is 11.9. The first-order chi connectivity index (χ1) is 11.5. The van der Waals surface area contributed by atoms with Crippen LogP contribution in [0.25, 0.3) is 11.0 Å². The molecular weight excluding hydrogens is 336 g/mol. The normalized spacial score (nSPS) is 10.7. The van der Waals surface area contributed by atoms with Gasteiger partial charge in [0.15, 0.2) is 0 Å². The van der Waals surface area contributed by atoms with Crippen LogP contribution in [-0.2, 0) is 0 Å². The molecule has 2 aromatic carbocycles. The fraction of sp³-hybridized carbons (Fsp3) is 0. The Bertz CT molecular complexity index is 1020. The van der Waals surface area contributed by atoms with Crippen LogP contribution < -0.4 is 5.63 Å². The Labute approximate surface area is 138 Å². The summed E-state index contributed by atoms with van der Waals surface area (Å²) in [5, 5.41) is 22.4. The Balaban J connectivity index is 2.33. The highest BCUT2D eigenvalue weighted by molar-refractivity contribution is 7.99. The molecule has 120 valence electrons. The average Bonchev–Trinajstić information content (AvgIpc) is 2.55. The van der Waals surface area contributed by atoms with Crippen LogP contribution in [0, 0.1) is 20.2 Å². The zero-order valence-corrected chi connectivity index (χ0v) is 12.7. The van der Waals surface area contributed by atoms with Crippen molar-refractivity contribution in [3.63, 3.8) is 0 Å². The van der Waals surface area contributed by atoms with Gasteiger partial charge in [0.1, 0.15) is 10.5 Å². The van der Waals surface area contributed by atoms with Crippen LogP contribution >= 0.6 is 11.8 Å². The lowest BCUT2D eigenvalue weighted by atomic mass is 10.2. The lowest BCUT2D eigenvalue weighted by molar-refractivity contribution is -0.390. The summed E-state index contributed by atoms with van der Waals surface area (Å²) >= 11 is 0.982. The molecule has 0 aliphatic heterocycles. The molecule has 1 aromatic heterocycles. The standard InChI is InChI=1S/C15H8N2O6S/c18-15-13(17(21)22)14(24-10-4-2-1-3-5-10)11-8-9(16(19)20)6-7-12(11)23-15/h1-8H. The van der Waals surface area contributed by atoms with Crippen LogP contribution in [-0.4, -0.2) is 9.85 Å². The monoisotopic (exact) mass is 344 g/mol. The highest BCUT2D eigenvalue weighted by Crippen LogP contribution is 2.39. The molecule has 0 radical (unpaired) electrons. The summed E-state index contributed by atoms with van der Waals surface area (Å²) in [7, 11) is 0. The van der Waals surface area contributed by atoms with E-state index in [4.69, 9.17) is 4.42 Å². The van der Waals surface area contributed by atoms with E-state index >= 15 is 0 Å². The lowest BCUT2D eigenvalue weighted by Crippen LogP contribution is -2.08. The molecule has 3 rings (SSSR count). The van der Waals surface area contributed by atoms with E-state index in [1.165, 1.54) is 12.1 Å². The van der Waals surface area contributed by atoms with E-state index in [1.54, 1.807) is 30.3 Å². The van der Waals surface area contributed by atoms with Crippen LogP contribution in [0.5, 0.6) is 0 Å². The van der Waals surface area contributed by atoms with Crippen molar-refractivity contribution in [2.24, 2.45) is 0 Å². The summed E-state index contributed by atoms with van der Waals surface area (Å²) in [6.07, 6.45) is 0. The van der Waals surface area contributed by atoms with Crippen LogP contribution in [0.3, 0.4) is 0 Å². The number of nitro groups is 2. The maximum atomic E-state index is 11.9. The largest absolute Gasteiger partial charge is 0.418 e. The SMILES string of the molecule is O=c1oc2ccc([N+](=O)[O-])cc2c(Sc2ccccc2)c1[N+](=O)[O-]. The molecule has 9 heteroatoms. The number of nitrogens with zero attached hydrogens (tertiary/aromatic N) is 2. The fourth-order valence-corrected chi connectivity index (χ4v) is 3.19. The number of non-ortho nitro benzene ring substituents is 1. The van der Waals surface area contributed by atoms with Gasteiger partial charge < -0.3 is 4.42 Å². The summed E-state index contributed by atoms with van der Waals surface area (Å²) in [6, 6.07) is 12.3. The van der Waals surface area contributed by atoms with E-state index in [1.807, 2.05) is 0 Å². The van der Waals surface area contributed by atoms with E-state index in [9.17, 15) is 25.0 Å². The quantitative estimate of drug-likeness (QED) is 0.402. The number of hydrogen-bond acceptors (Lipinski definition) is 7. The topological polar surface area (TPSA) is 116 Å². The van der Waals surface area contributed by atoms with Crippen LogP contribution in [0.1, 0.15) is 0 Å². The van der Waals surface area contributed by atoms with Gasteiger partial charge in [0.25, 0.3) is 5.69 Å². The molecule has 0 amide bonds. The fourth-order valence-electron chi connectivity index (χ4n) is 2.13. The molecular formula is C15H8N2O6S.